The van der Waals surface area contributed by atoms with Crippen molar-refractivity contribution in [2.24, 2.45) is 0 Å². The molecule has 7 nitrogen and oxygen atoms in total. The van der Waals surface area contributed by atoms with Crippen molar-refractivity contribution in [2.75, 3.05) is 24.7 Å². The summed E-state index contributed by atoms with van der Waals surface area (Å²) in [6, 6.07) is 10.9. The summed E-state index contributed by atoms with van der Waals surface area (Å²) in [4.78, 5) is 13.4. The molecule has 25 heavy (non-hydrogen) atoms. The van der Waals surface area contributed by atoms with Gasteiger partial charge in [-0.1, -0.05) is 12.1 Å². The lowest BCUT2D eigenvalue weighted by molar-refractivity contribution is -0.128. The first-order valence-electron chi connectivity index (χ1n) is 7.21. The Labute approximate surface area is 146 Å². The average Bonchev–Trinajstić information content (AvgIpc) is 2.54. The number of benzene rings is 2. The van der Waals surface area contributed by atoms with Crippen molar-refractivity contribution in [2.45, 2.75) is 4.90 Å². The number of ether oxygens (including phenoxy) is 1. The van der Waals surface area contributed by atoms with Crippen LogP contribution in [0.15, 0.2) is 53.4 Å². The molecule has 0 heterocycles. The first-order chi connectivity index (χ1) is 11.7. The van der Waals surface area contributed by atoms with E-state index in [0.717, 1.165) is 23.4 Å². The van der Waals surface area contributed by atoms with E-state index in [1.165, 1.54) is 12.1 Å². The third kappa shape index (κ3) is 5.07. The lowest BCUT2D eigenvalue weighted by Crippen LogP contribution is -2.08. The zero-order valence-electron chi connectivity index (χ0n) is 13.7. The van der Waals surface area contributed by atoms with Crippen LogP contribution in [0.3, 0.4) is 0 Å². The Morgan fingerprint density at radius 1 is 1.16 bits per heavy atom. The van der Waals surface area contributed by atoms with E-state index in [-0.39, 0.29) is 16.3 Å². The van der Waals surface area contributed by atoms with E-state index in [0.29, 0.717) is 0 Å². The maximum Gasteiger partial charge on any atom is 0.336 e. The zero-order chi connectivity index (χ0) is 18.6. The number of hydrogen-bond donors (Lipinski definition) is 2. The molecule has 0 aliphatic carbocycles. The third-order valence-electron chi connectivity index (χ3n) is 3.31. The highest BCUT2D eigenvalue weighted by Crippen LogP contribution is 2.25. The highest BCUT2D eigenvalue weighted by Gasteiger charge is 2.13. The fourth-order valence-electron chi connectivity index (χ4n) is 1.97. The maximum atomic E-state index is 11.9. The summed E-state index contributed by atoms with van der Waals surface area (Å²) >= 11 is 0. The molecule has 0 aromatic heterocycles. The van der Waals surface area contributed by atoms with Gasteiger partial charge in [-0.25, -0.2) is 4.79 Å². The number of carbonyl (C=O) groups is 1. The summed E-state index contributed by atoms with van der Waals surface area (Å²) in [5, 5.41) is 0. The summed E-state index contributed by atoms with van der Waals surface area (Å²) < 4.78 is 36.1. The van der Waals surface area contributed by atoms with Gasteiger partial charge in [-0.15, -0.1) is 0 Å². The molecule has 0 aliphatic heterocycles. The van der Waals surface area contributed by atoms with Crippen molar-refractivity contribution in [3.05, 3.63) is 54.1 Å². The van der Waals surface area contributed by atoms with E-state index >= 15 is 0 Å². The quantitative estimate of drug-likeness (QED) is 0.276. The molecule has 2 rings (SSSR count). The van der Waals surface area contributed by atoms with Crippen molar-refractivity contribution >= 4 is 33.5 Å². The van der Waals surface area contributed by atoms with Crippen LogP contribution in [-0.4, -0.2) is 33.0 Å². The highest BCUT2D eigenvalue weighted by atomic mass is 32.2. The fraction of sp³-hybridized carbons (Fsp3) is 0.118. The van der Waals surface area contributed by atoms with Gasteiger partial charge in [0.1, 0.15) is 0 Å². The van der Waals surface area contributed by atoms with E-state index in [1.807, 2.05) is 43.3 Å². The molecule has 0 saturated heterocycles. The molecular formula is C17H18N2O5S. The van der Waals surface area contributed by atoms with Crippen molar-refractivity contribution < 1.29 is 22.5 Å². The van der Waals surface area contributed by atoms with Gasteiger partial charge >= 0.3 is 5.97 Å². The molecule has 0 fully saturated rings. The van der Waals surface area contributed by atoms with Crippen LogP contribution in [0.4, 0.5) is 11.4 Å². The van der Waals surface area contributed by atoms with Crippen molar-refractivity contribution in [1.29, 1.82) is 0 Å². The predicted octanol–water partition coefficient (Wildman–Crippen LogP) is 2.20. The lowest BCUT2D eigenvalue weighted by Gasteiger charge is -2.11. The fourth-order valence-corrected chi connectivity index (χ4v) is 2.49. The van der Waals surface area contributed by atoms with E-state index in [2.05, 4.69) is 0 Å². The number of hydrogen-bond acceptors (Lipinski definition) is 6. The molecule has 0 radical (unpaired) electrons. The predicted molar refractivity (Wildman–Crippen MR) is 96.1 cm³/mol. The highest BCUT2D eigenvalue weighted by molar-refractivity contribution is 7.85. The Bertz CT molecular complexity index is 903. The monoisotopic (exact) mass is 362 g/mol. The van der Waals surface area contributed by atoms with Crippen LogP contribution in [0.5, 0.6) is 5.75 Å². The summed E-state index contributed by atoms with van der Waals surface area (Å²) in [6.07, 6.45) is 2.82. The second kappa shape index (κ2) is 7.37. The molecule has 0 atom stereocenters. The molecule has 8 heteroatoms. The van der Waals surface area contributed by atoms with Gasteiger partial charge in [0.25, 0.3) is 10.1 Å². The minimum atomic E-state index is -4.36. The first-order valence-corrected chi connectivity index (χ1v) is 8.65. The minimum Gasteiger partial charge on any atom is -0.421 e. The summed E-state index contributed by atoms with van der Waals surface area (Å²) in [5.41, 5.74) is 7.41. The van der Waals surface area contributed by atoms with Crippen LogP contribution >= 0.6 is 0 Å². The van der Waals surface area contributed by atoms with Crippen LogP contribution in [0.1, 0.15) is 5.56 Å². The number of nitrogen functional groups attached to an aromatic ring is 1. The smallest absolute Gasteiger partial charge is 0.336 e. The van der Waals surface area contributed by atoms with Gasteiger partial charge in [0.15, 0.2) is 5.75 Å². The number of nitrogens with zero attached hydrogens (tertiary/aromatic N) is 1. The normalized spacial score (nSPS) is 11.5. The van der Waals surface area contributed by atoms with Crippen molar-refractivity contribution in [3.63, 3.8) is 0 Å². The Morgan fingerprint density at radius 3 is 2.32 bits per heavy atom. The molecule has 0 unspecified atom stereocenters. The van der Waals surface area contributed by atoms with Crippen LogP contribution in [0.25, 0.3) is 6.08 Å². The Kier molecular flexibility index (Phi) is 5.45. The molecule has 0 saturated carbocycles. The Hall–Kier alpha value is -2.84. The molecule has 0 aliphatic rings. The maximum absolute atomic E-state index is 11.9. The van der Waals surface area contributed by atoms with Gasteiger partial charge in [-0.2, -0.15) is 8.42 Å². The molecule has 0 spiro atoms. The van der Waals surface area contributed by atoms with E-state index < -0.39 is 16.1 Å². The number of nitrogens with two attached hydrogens (primary N) is 1. The van der Waals surface area contributed by atoms with Gasteiger partial charge in [0.05, 0.1) is 10.6 Å². The summed E-state index contributed by atoms with van der Waals surface area (Å²) in [6.45, 7) is 0. The Morgan fingerprint density at radius 2 is 1.80 bits per heavy atom. The lowest BCUT2D eigenvalue weighted by atomic mass is 10.2. The molecule has 132 valence electrons. The Balaban J connectivity index is 2.07. The average molecular weight is 362 g/mol. The molecule has 2 aromatic rings. The second-order valence-corrected chi connectivity index (χ2v) is 6.84. The second-order valence-electron chi connectivity index (χ2n) is 5.42. The molecule has 0 bridgehead atoms. The minimum absolute atomic E-state index is 0.00463. The number of rotatable bonds is 5. The van der Waals surface area contributed by atoms with Crippen LogP contribution in [-0.2, 0) is 14.9 Å². The summed E-state index contributed by atoms with van der Waals surface area (Å²) in [5.74, 6) is -0.659. The summed E-state index contributed by atoms with van der Waals surface area (Å²) in [7, 11) is -0.504. The van der Waals surface area contributed by atoms with Gasteiger partial charge in [0.2, 0.25) is 0 Å². The topological polar surface area (TPSA) is 110 Å². The van der Waals surface area contributed by atoms with E-state index in [9.17, 15) is 13.2 Å². The zero-order valence-corrected chi connectivity index (χ0v) is 14.5. The SMILES string of the molecule is CN(C)c1ccc(C=CC(=O)Oc2ccc(S(=O)(=O)O)cc2N)cc1. The number of carbonyl (C=O) groups excluding carboxylic acids is 1. The van der Waals surface area contributed by atoms with E-state index in [1.54, 1.807) is 6.08 Å². The van der Waals surface area contributed by atoms with Gasteiger partial charge < -0.3 is 15.4 Å². The van der Waals surface area contributed by atoms with Crippen molar-refractivity contribution in [1.82, 2.24) is 0 Å². The number of anilines is 2. The van der Waals surface area contributed by atoms with E-state index in [4.69, 9.17) is 15.0 Å². The molecule has 3 N–H and O–H groups in total. The van der Waals surface area contributed by atoms with Gasteiger partial charge in [-0.3, -0.25) is 4.55 Å². The molecular weight excluding hydrogens is 344 g/mol. The van der Waals surface area contributed by atoms with Gasteiger partial charge in [-0.05, 0) is 42.0 Å². The first kappa shape index (κ1) is 18.5. The van der Waals surface area contributed by atoms with Crippen LogP contribution in [0, 0.1) is 0 Å². The van der Waals surface area contributed by atoms with Crippen LogP contribution < -0.4 is 15.4 Å². The van der Waals surface area contributed by atoms with Crippen molar-refractivity contribution in [3.8, 4) is 5.75 Å². The standard InChI is InChI=1S/C17H18N2O5S/c1-19(2)13-6-3-12(4-7-13)5-10-17(20)24-16-9-8-14(11-15(16)18)25(21,22)23/h3-11H,18H2,1-2H3,(H,21,22,23). The third-order valence-corrected chi connectivity index (χ3v) is 4.16. The molecule has 0 amide bonds. The van der Waals surface area contributed by atoms with Gasteiger partial charge in [0, 0.05) is 25.9 Å². The largest absolute Gasteiger partial charge is 0.421 e. The number of esters is 1. The van der Waals surface area contributed by atoms with Crippen LogP contribution in [0.2, 0.25) is 0 Å². The molecule has 2 aromatic carbocycles.